The third-order valence-electron chi connectivity index (χ3n) is 3.77. The summed E-state index contributed by atoms with van der Waals surface area (Å²) in [5.74, 6) is 0.637. The number of hydrogen-bond acceptors (Lipinski definition) is 5. The van der Waals surface area contributed by atoms with Crippen LogP contribution in [0.5, 0.6) is 0 Å². The Balaban J connectivity index is 1.86. The molecule has 0 saturated heterocycles. The molecule has 1 heterocycles. The molecule has 2 rings (SSSR count). The Labute approximate surface area is 121 Å². The van der Waals surface area contributed by atoms with Crippen LogP contribution in [0, 0.1) is 5.41 Å². The fraction of sp³-hybridized carbons (Fsp3) is 0.867. The van der Waals surface area contributed by atoms with Crippen molar-refractivity contribution in [1.29, 1.82) is 0 Å². The van der Waals surface area contributed by atoms with Gasteiger partial charge in [-0.25, -0.2) is 0 Å². The van der Waals surface area contributed by atoms with Crippen LogP contribution in [0.1, 0.15) is 66.2 Å². The van der Waals surface area contributed by atoms with Gasteiger partial charge in [-0.1, -0.05) is 25.4 Å². The second kappa shape index (κ2) is 5.72. The fourth-order valence-corrected chi connectivity index (χ4v) is 2.72. The number of anilines is 1. The lowest BCUT2D eigenvalue weighted by Crippen LogP contribution is -2.35. The van der Waals surface area contributed by atoms with Gasteiger partial charge in [0.05, 0.1) is 6.54 Å². The smallest absolute Gasteiger partial charge is 0.315 e. The molecule has 1 fully saturated rings. The Hall–Kier alpha value is -1.10. The molecule has 1 aliphatic carbocycles. The van der Waals surface area contributed by atoms with Crippen LogP contribution in [0.2, 0.25) is 0 Å². The summed E-state index contributed by atoms with van der Waals surface area (Å²) in [6.45, 7) is 11.6. The van der Waals surface area contributed by atoms with Crippen molar-refractivity contribution in [3.63, 3.8) is 0 Å². The minimum atomic E-state index is 0.0510. The van der Waals surface area contributed by atoms with Crippen LogP contribution >= 0.6 is 0 Å². The molecule has 1 aromatic heterocycles. The standard InChI is InChI=1S/C15H28N4O/c1-14(2,3)16-10-12-18-19-13(20-12)17-11-7-6-8-15(4,5)9-11/h11,16H,6-10H2,1-5H3,(H,17,19). The molecule has 5 nitrogen and oxygen atoms in total. The van der Waals surface area contributed by atoms with Crippen LogP contribution in [0.3, 0.4) is 0 Å². The molecule has 5 heteroatoms. The van der Waals surface area contributed by atoms with Crippen LogP contribution in [-0.4, -0.2) is 21.8 Å². The second-order valence-electron chi connectivity index (χ2n) is 7.71. The highest BCUT2D eigenvalue weighted by Crippen LogP contribution is 2.36. The summed E-state index contributed by atoms with van der Waals surface area (Å²) in [6.07, 6.45) is 4.90. The molecule has 20 heavy (non-hydrogen) atoms. The molecule has 1 aromatic rings. The Morgan fingerprint density at radius 3 is 2.70 bits per heavy atom. The molecular weight excluding hydrogens is 252 g/mol. The topological polar surface area (TPSA) is 63.0 Å². The summed E-state index contributed by atoms with van der Waals surface area (Å²) in [7, 11) is 0. The van der Waals surface area contributed by atoms with Crippen molar-refractivity contribution in [3.05, 3.63) is 5.89 Å². The van der Waals surface area contributed by atoms with E-state index in [2.05, 4.69) is 55.4 Å². The maximum atomic E-state index is 5.65. The van der Waals surface area contributed by atoms with Crippen molar-refractivity contribution in [2.45, 2.75) is 78.4 Å². The average Bonchev–Trinajstić information content (AvgIpc) is 2.72. The van der Waals surface area contributed by atoms with Gasteiger partial charge in [-0.05, 0) is 45.4 Å². The van der Waals surface area contributed by atoms with E-state index in [0.717, 1.165) is 6.42 Å². The van der Waals surface area contributed by atoms with E-state index in [4.69, 9.17) is 4.42 Å². The van der Waals surface area contributed by atoms with Crippen LogP contribution < -0.4 is 10.6 Å². The summed E-state index contributed by atoms with van der Waals surface area (Å²) in [5.41, 5.74) is 0.460. The van der Waals surface area contributed by atoms with Crippen molar-refractivity contribution in [2.24, 2.45) is 5.41 Å². The third-order valence-corrected chi connectivity index (χ3v) is 3.77. The quantitative estimate of drug-likeness (QED) is 0.885. The van der Waals surface area contributed by atoms with Gasteiger partial charge >= 0.3 is 6.01 Å². The Morgan fingerprint density at radius 1 is 1.30 bits per heavy atom. The number of nitrogens with one attached hydrogen (secondary N) is 2. The van der Waals surface area contributed by atoms with E-state index in [0.29, 0.717) is 29.9 Å². The van der Waals surface area contributed by atoms with Crippen LogP contribution in [0.4, 0.5) is 6.01 Å². The zero-order chi connectivity index (χ0) is 14.8. The van der Waals surface area contributed by atoms with Gasteiger partial charge in [-0.3, -0.25) is 0 Å². The van der Waals surface area contributed by atoms with Gasteiger partial charge in [0.25, 0.3) is 0 Å². The van der Waals surface area contributed by atoms with E-state index < -0.39 is 0 Å². The Bertz CT molecular complexity index is 433. The molecule has 0 spiro atoms. The molecule has 0 bridgehead atoms. The molecule has 1 aliphatic rings. The zero-order valence-electron chi connectivity index (χ0n) is 13.4. The predicted molar refractivity (Wildman–Crippen MR) is 80.6 cm³/mol. The Morgan fingerprint density at radius 2 is 2.05 bits per heavy atom. The van der Waals surface area contributed by atoms with Gasteiger partial charge in [0.15, 0.2) is 0 Å². The summed E-state index contributed by atoms with van der Waals surface area (Å²) in [6, 6.07) is 1.00. The summed E-state index contributed by atoms with van der Waals surface area (Å²) in [4.78, 5) is 0. The van der Waals surface area contributed by atoms with E-state index in [1.54, 1.807) is 0 Å². The van der Waals surface area contributed by atoms with Crippen molar-refractivity contribution < 1.29 is 4.42 Å². The van der Waals surface area contributed by atoms with Gasteiger partial charge in [-0.2, -0.15) is 0 Å². The number of aromatic nitrogens is 2. The number of nitrogens with zero attached hydrogens (tertiary/aromatic N) is 2. The van der Waals surface area contributed by atoms with E-state index in [-0.39, 0.29) is 5.54 Å². The highest BCUT2D eigenvalue weighted by atomic mass is 16.4. The first kappa shape index (κ1) is 15.3. The highest BCUT2D eigenvalue weighted by Gasteiger charge is 2.28. The zero-order valence-corrected chi connectivity index (χ0v) is 13.4. The monoisotopic (exact) mass is 280 g/mol. The molecule has 1 atom stereocenters. The molecule has 114 valence electrons. The van der Waals surface area contributed by atoms with Crippen LogP contribution in [0.25, 0.3) is 0 Å². The van der Waals surface area contributed by atoms with Crippen molar-refractivity contribution in [2.75, 3.05) is 5.32 Å². The van der Waals surface area contributed by atoms with Gasteiger partial charge < -0.3 is 15.1 Å². The molecule has 2 N–H and O–H groups in total. The predicted octanol–water partition coefficient (Wildman–Crippen LogP) is 3.34. The van der Waals surface area contributed by atoms with E-state index in [1.807, 2.05) is 0 Å². The lowest BCUT2D eigenvalue weighted by atomic mass is 9.75. The van der Waals surface area contributed by atoms with Crippen molar-refractivity contribution in [3.8, 4) is 0 Å². The van der Waals surface area contributed by atoms with Crippen molar-refractivity contribution in [1.82, 2.24) is 15.5 Å². The molecule has 0 amide bonds. The minimum Gasteiger partial charge on any atom is -0.407 e. The maximum Gasteiger partial charge on any atom is 0.315 e. The fourth-order valence-electron chi connectivity index (χ4n) is 2.72. The molecule has 1 unspecified atom stereocenters. The van der Waals surface area contributed by atoms with E-state index >= 15 is 0 Å². The largest absolute Gasteiger partial charge is 0.407 e. The number of rotatable bonds is 4. The second-order valence-corrected chi connectivity index (χ2v) is 7.71. The Kier molecular flexibility index (Phi) is 4.37. The maximum absolute atomic E-state index is 5.65. The summed E-state index contributed by atoms with van der Waals surface area (Å²) >= 11 is 0. The van der Waals surface area contributed by atoms with Crippen LogP contribution in [-0.2, 0) is 6.54 Å². The van der Waals surface area contributed by atoms with Gasteiger partial charge in [0.1, 0.15) is 0 Å². The number of hydrogen-bond donors (Lipinski definition) is 2. The molecule has 1 saturated carbocycles. The average molecular weight is 280 g/mol. The van der Waals surface area contributed by atoms with E-state index in [9.17, 15) is 0 Å². The highest BCUT2D eigenvalue weighted by molar-refractivity contribution is 5.20. The van der Waals surface area contributed by atoms with Gasteiger partial charge in [0.2, 0.25) is 5.89 Å². The molecule has 0 aromatic carbocycles. The first-order valence-corrected chi connectivity index (χ1v) is 7.57. The molecular formula is C15H28N4O. The van der Waals surface area contributed by atoms with E-state index in [1.165, 1.54) is 19.3 Å². The third kappa shape index (κ3) is 4.78. The molecule has 0 radical (unpaired) electrons. The summed E-state index contributed by atoms with van der Waals surface area (Å²) < 4.78 is 5.65. The first-order chi connectivity index (χ1) is 9.23. The van der Waals surface area contributed by atoms with Gasteiger partial charge in [-0.15, -0.1) is 5.10 Å². The lowest BCUT2D eigenvalue weighted by molar-refractivity contribution is 0.227. The first-order valence-electron chi connectivity index (χ1n) is 7.57. The SMILES string of the molecule is CC1(C)CCCC(Nc2nnc(CNC(C)(C)C)o2)C1. The van der Waals surface area contributed by atoms with Crippen LogP contribution in [0.15, 0.2) is 4.42 Å². The summed E-state index contributed by atoms with van der Waals surface area (Å²) in [5, 5.41) is 14.9. The molecule has 0 aliphatic heterocycles. The minimum absolute atomic E-state index is 0.0510. The normalized spacial score (nSPS) is 22.8. The van der Waals surface area contributed by atoms with Crippen molar-refractivity contribution >= 4 is 6.01 Å². The van der Waals surface area contributed by atoms with Gasteiger partial charge in [0, 0.05) is 11.6 Å². The lowest BCUT2D eigenvalue weighted by Gasteiger charge is -2.35.